The molecule has 1 aromatic heterocycles. The molecule has 0 saturated heterocycles. The highest BCUT2D eigenvalue weighted by atomic mass is 16.4. The van der Waals surface area contributed by atoms with E-state index in [-0.39, 0.29) is 5.57 Å². The first-order chi connectivity index (χ1) is 6.63. The summed E-state index contributed by atoms with van der Waals surface area (Å²) in [5.41, 5.74) is 1.16. The molecule has 0 atom stereocenters. The molecule has 0 spiro atoms. The number of carboxylic acid groups (broad SMARTS) is 1. The Morgan fingerprint density at radius 1 is 1.71 bits per heavy atom. The Balaban J connectivity index is 3.08. The molecule has 0 aliphatic heterocycles. The summed E-state index contributed by atoms with van der Waals surface area (Å²) < 4.78 is 0. The summed E-state index contributed by atoms with van der Waals surface area (Å²) in [7, 11) is 0. The van der Waals surface area contributed by atoms with Gasteiger partial charge in [-0.15, -0.1) is 0 Å². The van der Waals surface area contributed by atoms with E-state index >= 15 is 0 Å². The molecular formula is C10H8N2O2. The van der Waals surface area contributed by atoms with Crippen molar-refractivity contribution in [3.8, 4) is 6.07 Å². The maximum Gasteiger partial charge on any atom is 0.346 e. The van der Waals surface area contributed by atoms with E-state index in [2.05, 4.69) is 4.98 Å². The van der Waals surface area contributed by atoms with Gasteiger partial charge in [-0.1, -0.05) is 0 Å². The lowest BCUT2D eigenvalue weighted by Crippen LogP contribution is -1.97. The van der Waals surface area contributed by atoms with E-state index in [1.165, 1.54) is 6.08 Å². The van der Waals surface area contributed by atoms with Crippen molar-refractivity contribution in [3.63, 3.8) is 0 Å². The van der Waals surface area contributed by atoms with Crippen molar-refractivity contribution in [2.24, 2.45) is 0 Å². The van der Waals surface area contributed by atoms with Crippen LogP contribution < -0.4 is 0 Å². The third-order valence-electron chi connectivity index (χ3n) is 1.58. The fourth-order valence-electron chi connectivity index (χ4n) is 0.966. The molecule has 1 N–H and O–H groups in total. The molecule has 0 radical (unpaired) electrons. The first-order valence-electron chi connectivity index (χ1n) is 3.91. The van der Waals surface area contributed by atoms with Gasteiger partial charge in [0.05, 0.1) is 0 Å². The summed E-state index contributed by atoms with van der Waals surface area (Å²) in [6, 6.07) is 4.97. The van der Waals surface area contributed by atoms with Crippen LogP contribution in [0.3, 0.4) is 0 Å². The number of nitrogens with zero attached hydrogens (tertiary/aromatic N) is 2. The first kappa shape index (κ1) is 9.93. The minimum absolute atomic E-state index is 0.282. The molecule has 0 saturated carbocycles. The van der Waals surface area contributed by atoms with Crippen molar-refractivity contribution in [1.82, 2.24) is 4.98 Å². The smallest absolute Gasteiger partial charge is 0.346 e. The minimum Gasteiger partial charge on any atom is -0.477 e. The second-order valence-corrected chi connectivity index (χ2v) is 2.71. The third-order valence-corrected chi connectivity index (χ3v) is 1.58. The number of nitriles is 1. The lowest BCUT2D eigenvalue weighted by Gasteiger charge is -1.95. The fourth-order valence-corrected chi connectivity index (χ4v) is 0.966. The molecule has 0 unspecified atom stereocenters. The molecule has 4 nitrogen and oxygen atoms in total. The Morgan fingerprint density at radius 3 is 2.93 bits per heavy atom. The predicted octanol–water partition coefficient (Wildman–Crippen LogP) is 1.38. The lowest BCUT2D eigenvalue weighted by molar-refractivity contribution is -0.132. The SMILES string of the molecule is Cc1cc(/C=C(/C#N)C(=O)O)ccn1. The minimum atomic E-state index is -1.22. The molecule has 14 heavy (non-hydrogen) atoms. The van der Waals surface area contributed by atoms with Crippen LogP contribution in [0, 0.1) is 18.3 Å². The van der Waals surface area contributed by atoms with Crippen molar-refractivity contribution < 1.29 is 9.90 Å². The van der Waals surface area contributed by atoms with Crippen LogP contribution >= 0.6 is 0 Å². The summed E-state index contributed by atoms with van der Waals surface area (Å²) in [5.74, 6) is -1.22. The third kappa shape index (κ3) is 2.42. The molecule has 0 aromatic carbocycles. The van der Waals surface area contributed by atoms with Crippen molar-refractivity contribution in [3.05, 3.63) is 35.2 Å². The standard InChI is InChI=1S/C10H8N2O2/c1-7-4-8(2-3-12-7)5-9(6-11)10(13)14/h2-5H,1H3,(H,13,14)/b9-5-. The number of aryl methyl sites for hydroxylation is 1. The summed E-state index contributed by atoms with van der Waals surface area (Å²) in [5, 5.41) is 17.1. The Labute approximate surface area is 81.1 Å². The predicted molar refractivity (Wildman–Crippen MR) is 50.2 cm³/mol. The molecule has 70 valence electrons. The molecule has 0 aliphatic carbocycles. The summed E-state index contributed by atoms with van der Waals surface area (Å²) in [6.07, 6.45) is 2.88. The van der Waals surface area contributed by atoms with Crippen molar-refractivity contribution in [2.75, 3.05) is 0 Å². The maximum absolute atomic E-state index is 10.5. The maximum atomic E-state index is 10.5. The van der Waals surface area contributed by atoms with Crippen molar-refractivity contribution in [1.29, 1.82) is 5.26 Å². The van der Waals surface area contributed by atoms with Crippen LogP contribution in [0.2, 0.25) is 0 Å². The van der Waals surface area contributed by atoms with E-state index in [0.29, 0.717) is 5.56 Å². The average molecular weight is 188 g/mol. The van der Waals surface area contributed by atoms with Crippen LogP contribution in [0.5, 0.6) is 0 Å². The average Bonchev–Trinajstić information content (AvgIpc) is 2.14. The molecule has 0 fully saturated rings. The number of hydrogen-bond donors (Lipinski definition) is 1. The topological polar surface area (TPSA) is 74.0 Å². The summed E-state index contributed by atoms with van der Waals surface area (Å²) in [4.78, 5) is 14.5. The van der Waals surface area contributed by atoms with E-state index in [9.17, 15) is 4.79 Å². The highest BCUT2D eigenvalue weighted by molar-refractivity contribution is 5.96. The Hall–Kier alpha value is -2.15. The summed E-state index contributed by atoms with van der Waals surface area (Å²) >= 11 is 0. The van der Waals surface area contributed by atoms with Crippen LogP contribution in [-0.4, -0.2) is 16.1 Å². The molecule has 1 aromatic rings. The number of pyridine rings is 1. The number of carboxylic acids is 1. The first-order valence-corrected chi connectivity index (χ1v) is 3.91. The number of hydrogen-bond acceptors (Lipinski definition) is 3. The van der Waals surface area contributed by atoms with E-state index in [1.807, 2.05) is 0 Å². The van der Waals surface area contributed by atoms with Crippen molar-refractivity contribution in [2.45, 2.75) is 6.92 Å². The van der Waals surface area contributed by atoms with Gasteiger partial charge in [0, 0.05) is 11.9 Å². The number of aliphatic carboxylic acids is 1. The Bertz CT molecular complexity index is 430. The van der Waals surface area contributed by atoms with Gasteiger partial charge in [-0.25, -0.2) is 4.79 Å². The van der Waals surface area contributed by atoms with Crippen LogP contribution in [-0.2, 0) is 4.79 Å². The zero-order valence-electron chi connectivity index (χ0n) is 7.56. The number of aromatic nitrogens is 1. The van der Waals surface area contributed by atoms with Crippen LogP contribution in [0.4, 0.5) is 0 Å². The van der Waals surface area contributed by atoms with E-state index in [4.69, 9.17) is 10.4 Å². The molecule has 0 bridgehead atoms. The fraction of sp³-hybridized carbons (Fsp3) is 0.100. The normalized spacial score (nSPS) is 10.7. The molecule has 0 aliphatic rings. The lowest BCUT2D eigenvalue weighted by atomic mass is 10.1. The van der Waals surface area contributed by atoms with Gasteiger partial charge in [0.15, 0.2) is 0 Å². The van der Waals surface area contributed by atoms with Gasteiger partial charge >= 0.3 is 5.97 Å². The van der Waals surface area contributed by atoms with E-state index < -0.39 is 5.97 Å². The van der Waals surface area contributed by atoms with Gasteiger partial charge < -0.3 is 5.11 Å². The zero-order valence-corrected chi connectivity index (χ0v) is 7.56. The molecule has 4 heteroatoms. The van der Waals surface area contributed by atoms with E-state index in [0.717, 1.165) is 5.69 Å². The van der Waals surface area contributed by atoms with Gasteiger partial charge in [0.2, 0.25) is 0 Å². The van der Waals surface area contributed by atoms with Gasteiger partial charge in [-0.2, -0.15) is 5.26 Å². The van der Waals surface area contributed by atoms with Crippen LogP contribution in [0.1, 0.15) is 11.3 Å². The van der Waals surface area contributed by atoms with Gasteiger partial charge in [-0.3, -0.25) is 4.98 Å². The van der Waals surface area contributed by atoms with Gasteiger partial charge in [-0.05, 0) is 30.7 Å². The van der Waals surface area contributed by atoms with E-state index in [1.54, 1.807) is 31.3 Å². The van der Waals surface area contributed by atoms with Gasteiger partial charge in [0.25, 0.3) is 0 Å². The number of rotatable bonds is 2. The monoisotopic (exact) mass is 188 g/mol. The number of carbonyl (C=O) groups is 1. The highest BCUT2D eigenvalue weighted by Crippen LogP contribution is 2.07. The summed E-state index contributed by atoms with van der Waals surface area (Å²) in [6.45, 7) is 1.80. The highest BCUT2D eigenvalue weighted by Gasteiger charge is 2.05. The van der Waals surface area contributed by atoms with Crippen LogP contribution in [0.25, 0.3) is 6.08 Å². The molecular weight excluding hydrogens is 180 g/mol. The van der Waals surface area contributed by atoms with Crippen LogP contribution in [0.15, 0.2) is 23.9 Å². The Kier molecular flexibility index (Phi) is 2.97. The molecule has 1 rings (SSSR count). The van der Waals surface area contributed by atoms with Gasteiger partial charge in [0.1, 0.15) is 11.6 Å². The quantitative estimate of drug-likeness (QED) is 0.562. The zero-order chi connectivity index (χ0) is 10.6. The Morgan fingerprint density at radius 2 is 2.43 bits per heavy atom. The molecule has 0 amide bonds. The largest absolute Gasteiger partial charge is 0.477 e. The molecule has 1 heterocycles. The van der Waals surface area contributed by atoms with Crippen molar-refractivity contribution >= 4 is 12.0 Å². The second kappa shape index (κ2) is 4.19. The second-order valence-electron chi connectivity index (χ2n) is 2.71.